The number of amides is 1. The van der Waals surface area contributed by atoms with Gasteiger partial charge in [0.2, 0.25) is 5.91 Å². The number of anilines is 1. The van der Waals surface area contributed by atoms with Gasteiger partial charge in [0.1, 0.15) is 12.4 Å². The summed E-state index contributed by atoms with van der Waals surface area (Å²) in [4.78, 5) is 17.2. The van der Waals surface area contributed by atoms with Gasteiger partial charge in [0.15, 0.2) is 5.65 Å². The Balaban J connectivity index is 1.65. The van der Waals surface area contributed by atoms with E-state index in [1.54, 1.807) is 17.7 Å². The second-order valence-corrected chi connectivity index (χ2v) is 7.60. The van der Waals surface area contributed by atoms with Gasteiger partial charge in [-0.25, -0.2) is 23.1 Å². The average molecular weight is 402 g/mol. The SMILES string of the molecule is CCCn1nc(C)cc1NC(=O)Cn1nc(C)c2c(C(F)F)cc(C3CC3)nc21. The third kappa shape index (κ3) is 3.86. The fourth-order valence-corrected chi connectivity index (χ4v) is 3.62. The lowest BCUT2D eigenvalue weighted by Crippen LogP contribution is -2.22. The Labute approximate surface area is 167 Å². The van der Waals surface area contributed by atoms with Crippen LogP contribution in [0.2, 0.25) is 0 Å². The predicted molar refractivity (Wildman–Crippen MR) is 105 cm³/mol. The van der Waals surface area contributed by atoms with Crippen LogP contribution in [-0.2, 0) is 17.9 Å². The van der Waals surface area contributed by atoms with Crippen LogP contribution in [0.1, 0.15) is 61.2 Å². The van der Waals surface area contributed by atoms with Crippen molar-refractivity contribution in [2.75, 3.05) is 5.32 Å². The van der Waals surface area contributed by atoms with Crippen LogP contribution >= 0.6 is 0 Å². The molecule has 3 aromatic heterocycles. The fourth-order valence-electron chi connectivity index (χ4n) is 3.62. The molecule has 1 aliphatic rings. The van der Waals surface area contributed by atoms with Gasteiger partial charge in [0, 0.05) is 29.8 Å². The lowest BCUT2D eigenvalue weighted by Gasteiger charge is -2.09. The Hall–Kier alpha value is -2.84. The predicted octanol–water partition coefficient (Wildman–Crippen LogP) is 4.11. The number of fused-ring (bicyclic) bond motifs is 1. The number of halogens is 2. The highest BCUT2D eigenvalue weighted by molar-refractivity contribution is 5.91. The van der Waals surface area contributed by atoms with Gasteiger partial charge in [-0.15, -0.1) is 0 Å². The molecule has 7 nitrogen and oxygen atoms in total. The lowest BCUT2D eigenvalue weighted by molar-refractivity contribution is -0.116. The smallest absolute Gasteiger partial charge is 0.264 e. The third-order valence-corrected chi connectivity index (χ3v) is 5.06. The summed E-state index contributed by atoms with van der Waals surface area (Å²) in [5.41, 5.74) is 2.20. The molecule has 9 heteroatoms. The van der Waals surface area contributed by atoms with Crippen LogP contribution in [0.4, 0.5) is 14.6 Å². The molecule has 1 fully saturated rings. The van der Waals surface area contributed by atoms with E-state index in [2.05, 4.69) is 20.5 Å². The molecule has 29 heavy (non-hydrogen) atoms. The van der Waals surface area contributed by atoms with E-state index in [-0.39, 0.29) is 23.9 Å². The molecule has 0 unspecified atom stereocenters. The molecule has 0 aromatic carbocycles. The molecule has 1 saturated carbocycles. The number of rotatable bonds is 7. The highest BCUT2D eigenvalue weighted by Crippen LogP contribution is 2.41. The summed E-state index contributed by atoms with van der Waals surface area (Å²) in [5.74, 6) is 0.534. The maximum atomic E-state index is 13.7. The molecule has 154 valence electrons. The molecule has 3 aromatic rings. The molecule has 1 aliphatic carbocycles. The number of carbonyl (C=O) groups is 1. The van der Waals surface area contributed by atoms with E-state index in [1.807, 2.05) is 13.8 Å². The Morgan fingerprint density at radius 1 is 1.24 bits per heavy atom. The minimum Gasteiger partial charge on any atom is -0.309 e. The summed E-state index contributed by atoms with van der Waals surface area (Å²) >= 11 is 0. The van der Waals surface area contributed by atoms with Crippen molar-refractivity contribution >= 4 is 22.8 Å². The van der Waals surface area contributed by atoms with E-state index >= 15 is 0 Å². The quantitative estimate of drug-likeness (QED) is 0.645. The summed E-state index contributed by atoms with van der Waals surface area (Å²) < 4.78 is 30.5. The minimum atomic E-state index is -2.62. The molecule has 1 N–H and O–H groups in total. The van der Waals surface area contributed by atoms with Crippen molar-refractivity contribution in [3.63, 3.8) is 0 Å². The number of hydrogen-bond donors (Lipinski definition) is 1. The van der Waals surface area contributed by atoms with Crippen molar-refractivity contribution in [3.05, 3.63) is 34.8 Å². The van der Waals surface area contributed by atoms with Crippen LogP contribution in [0, 0.1) is 13.8 Å². The minimum absolute atomic E-state index is 0.0577. The zero-order chi connectivity index (χ0) is 20.7. The number of hydrogen-bond acceptors (Lipinski definition) is 4. The van der Waals surface area contributed by atoms with Gasteiger partial charge in [-0.2, -0.15) is 10.2 Å². The number of aromatic nitrogens is 5. The van der Waals surface area contributed by atoms with Gasteiger partial charge in [-0.05, 0) is 39.2 Å². The monoisotopic (exact) mass is 402 g/mol. The number of nitrogens with zero attached hydrogens (tertiary/aromatic N) is 5. The van der Waals surface area contributed by atoms with E-state index in [0.29, 0.717) is 34.8 Å². The van der Waals surface area contributed by atoms with Crippen molar-refractivity contribution in [2.45, 2.75) is 65.5 Å². The first-order valence-electron chi connectivity index (χ1n) is 9.87. The molecule has 0 saturated heterocycles. The number of nitrogens with one attached hydrogen (secondary N) is 1. The summed E-state index contributed by atoms with van der Waals surface area (Å²) in [6, 6.07) is 3.30. The molecule has 0 spiro atoms. The summed E-state index contributed by atoms with van der Waals surface area (Å²) in [6.45, 7) is 6.15. The fraction of sp³-hybridized carbons (Fsp3) is 0.500. The standard InChI is InChI=1S/C20H24F2N6O/c1-4-7-27-16(8-11(2)25-27)24-17(29)10-28-20-18(12(3)26-28)14(19(21)22)9-15(23-20)13-5-6-13/h8-9,13,19H,4-7,10H2,1-3H3,(H,24,29). The van der Waals surface area contributed by atoms with Gasteiger partial charge in [0.25, 0.3) is 6.43 Å². The Bertz CT molecular complexity index is 1070. The summed E-state index contributed by atoms with van der Waals surface area (Å²) in [6.07, 6.45) is 0.178. The highest BCUT2D eigenvalue weighted by atomic mass is 19.3. The maximum absolute atomic E-state index is 13.7. The number of aryl methyl sites for hydroxylation is 3. The van der Waals surface area contributed by atoms with Crippen molar-refractivity contribution in [1.29, 1.82) is 0 Å². The van der Waals surface area contributed by atoms with Crippen molar-refractivity contribution in [3.8, 4) is 0 Å². The summed E-state index contributed by atoms with van der Waals surface area (Å²) in [5, 5.41) is 11.9. The first-order chi connectivity index (χ1) is 13.9. The second-order valence-electron chi connectivity index (χ2n) is 7.60. The largest absolute Gasteiger partial charge is 0.309 e. The zero-order valence-electron chi connectivity index (χ0n) is 16.7. The van der Waals surface area contributed by atoms with Crippen LogP contribution < -0.4 is 5.32 Å². The van der Waals surface area contributed by atoms with Crippen LogP contribution in [0.5, 0.6) is 0 Å². The van der Waals surface area contributed by atoms with Gasteiger partial charge in [0.05, 0.1) is 16.8 Å². The van der Waals surface area contributed by atoms with Crippen LogP contribution in [0.15, 0.2) is 12.1 Å². The molecular weight excluding hydrogens is 378 g/mol. The molecule has 3 heterocycles. The number of carbonyl (C=O) groups excluding carboxylic acids is 1. The molecular formula is C20H24F2N6O. The molecule has 0 aliphatic heterocycles. The average Bonchev–Trinajstić information content (AvgIpc) is 3.39. The van der Waals surface area contributed by atoms with E-state index in [1.165, 1.54) is 10.7 Å². The first-order valence-corrected chi connectivity index (χ1v) is 9.87. The van der Waals surface area contributed by atoms with Gasteiger partial charge >= 0.3 is 0 Å². The van der Waals surface area contributed by atoms with Crippen molar-refractivity contribution in [1.82, 2.24) is 24.5 Å². The van der Waals surface area contributed by atoms with Crippen molar-refractivity contribution < 1.29 is 13.6 Å². The van der Waals surface area contributed by atoms with E-state index in [9.17, 15) is 13.6 Å². The Morgan fingerprint density at radius 3 is 2.66 bits per heavy atom. The first kappa shape index (κ1) is 19.5. The van der Waals surface area contributed by atoms with Gasteiger partial charge < -0.3 is 5.32 Å². The van der Waals surface area contributed by atoms with Crippen LogP contribution in [-0.4, -0.2) is 30.5 Å². The molecule has 1 amide bonds. The van der Waals surface area contributed by atoms with Crippen molar-refractivity contribution in [2.24, 2.45) is 0 Å². The van der Waals surface area contributed by atoms with Crippen LogP contribution in [0.25, 0.3) is 11.0 Å². The maximum Gasteiger partial charge on any atom is 0.264 e. The molecule has 0 radical (unpaired) electrons. The van der Waals surface area contributed by atoms with E-state index in [4.69, 9.17) is 0 Å². The summed E-state index contributed by atoms with van der Waals surface area (Å²) in [7, 11) is 0. The number of alkyl halides is 2. The normalized spacial score (nSPS) is 14.1. The third-order valence-electron chi connectivity index (χ3n) is 5.06. The molecule has 0 bridgehead atoms. The van der Waals surface area contributed by atoms with Crippen LogP contribution in [0.3, 0.4) is 0 Å². The highest BCUT2D eigenvalue weighted by Gasteiger charge is 2.29. The Kier molecular flexibility index (Phi) is 5.06. The topological polar surface area (TPSA) is 77.6 Å². The molecule has 4 rings (SSSR count). The Morgan fingerprint density at radius 2 is 2.00 bits per heavy atom. The lowest BCUT2D eigenvalue weighted by atomic mass is 10.1. The zero-order valence-corrected chi connectivity index (χ0v) is 16.7. The van der Waals surface area contributed by atoms with Gasteiger partial charge in [-0.3, -0.25) is 4.79 Å². The molecule has 0 atom stereocenters. The van der Waals surface area contributed by atoms with E-state index < -0.39 is 6.43 Å². The second kappa shape index (κ2) is 7.53. The van der Waals surface area contributed by atoms with E-state index in [0.717, 1.165) is 25.0 Å². The van der Waals surface area contributed by atoms with Gasteiger partial charge in [-0.1, -0.05) is 6.92 Å². The number of pyridine rings is 1.